The number of Topliss-reactive ketones (excluding diaryl/α,β-unsaturated/α-hetero) is 1. The lowest BCUT2D eigenvalue weighted by molar-refractivity contribution is 0.0890. The first-order chi connectivity index (χ1) is 9.61. The van der Waals surface area contributed by atoms with Gasteiger partial charge in [0.1, 0.15) is 0 Å². The summed E-state index contributed by atoms with van der Waals surface area (Å²) in [5, 5.41) is 0. The van der Waals surface area contributed by atoms with Crippen LogP contribution in [0.1, 0.15) is 60.5 Å². The van der Waals surface area contributed by atoms with E-state index in [2.05, 4.69) is 24.8 Å². The standard InChI is InChI=1S/C18H27NO/c1-4-16-8-6-5-7-11-19(16)13-18(20)17-10-9-14(2)12-15(17)3/h9-10,12,16H,4-8,11,13H2,1-3H3. The number of aryl methyl sites for hydroxylation is 2. The highest BCUT2D eigenvalue weighted by Gasteiger charge is 2.22. The number of ketones is 1. The Labute approximate surface area is 123 Å². The summed E-state index contributed by atoms with van der Waals surface area (Å²) in [5.41, 5.74) is 3.23. The predicted octanol–water partition coefficient (Wildman–Crippen LogP) is 4.14. The third-order valence-corrected chi connectivity index (χ3v) is 4.50. The highest BCUT2D eigenvalue weighted by atomic mass is 16.1. The van der Waals surface area contributed by atoms with E-state index >= 15 is 0 Å². The van der Waals surface area contributed by atoms with Crippen molar-refractivity contribution in [3.63, 3.8) is 0 Å². The van der Waals surface area contributed by atoms with E-state index in [1.54, 1.807) is 0 Å². The minimum Gasteiger partial charge on any atom is -0.293 e. The van der Waals surface area contributed by atoms with Gasteiger partial charge in [0, 0.05) is 11.6 Å². The van der Waals surface area contributed by atoms with Gasteiger partial charge in [-0.05, 0) is 45.2 Å². The maximum Gasteiger partial charge on any atom is 0.177 e. The normalized spacial score (nSPS) is 20.6. The summed E-state index contributed by atoms with van der Waals surface area (Å²) in [6.07, 6.45) is 6.25. The zero-order valence-corrected chi connectivity index (χ0v) is 13.1. The van der Waals surface area contributed by atoms with Crippen molar-refractivity contribution in [2.45, 2.75) is 58.9 Å². The van der Waals surface area contributed by atoms with Gasteiger partial charge < -0.3 is 0 Å². The third-order valence-electron chi connectivity index (χ3n) is 4.50. The van der Waals surface area contributed by atoms with E-state index in [1.807, 2.05) is 19.1 Å². The van der Waals surface area contributed by atoms with Gasteiger partial charge in [0.2, 0.25) is 0 Å². The number of rotatable bonds is 4. The van der Waals surface area contributed by atoms with Crippen molar-refractivity contribution in [2.75, 3.05) is 13.1 Å². The quantitative estimate of drug-likeness (QED) is 0.768. The van der Waals surface area contributed by atoms with Crippen molar-refractivity contribution in [2.24, 2.45) is 0 Å². The molecule has 1 unspecified atom stereocenters. The average Bonchev–Trinajstić information content (AvgIpc) is 2.63. The first kappa shape index (κ1) is 15.2. The molecule has 0 saturated carbocycles. The van der Waals surface area contributed by atoms with Gasteiger partial charge in [0.25, 0.3) is 0 Å². The van der Waals surface area contributed by atoms with Gasteiger partial charge in [0.05, 0.1) is 6.54 Å². The van der Waals surface area contributed by atoms with Crippen LogP contribution < -0.4 is 0 Å². The van der Waals surface area contributed by atoms with Crippen molar-refractivity contribution < 1.29 is 4.79 Å². The molecule has 0 spiro atoms. The average molecular weight is 273 g/mol. The first-order valence-electron chi connectivity index (χ1n) is 7.96. The highest BCUT2D eigenvalue weighted by molar-refractivity contribution is 5.99. The summed E-state index contributed by atoms with van der Waals surface area (Å²) in [4.78, 5) is 15.0. The summed E-state index contributed by atoms with van der Waals surface area (Å²) in [6.45, 7) is 8.02. The number of carbonyl (C=O) groups is 1. The third kappa shape index (κ3) is 3.69. The van der Waals surface area contributed by atoms with E-state index in [4.69, 9.17) is 0 Å². The minimum absolute atomic E-state index is 0.280. The molecule has 1 aromatic carbocycles. The Morgan fingerprint density at radius 1 is 1.25 bits per heavy atom. The summed E-state index contributed by atoms with van der Waals surface area (Å²) < 4.78 is 0. The Bertz CT molecular complexity index is 466. The van der Waals surface area contributed by atoms with Crippen LogP contribution >= 0.6 is 0 Å². The van der Waals surface area contributed by atoms with E-state index in [0.29, 0.717) is 12.6 Å². The van der Waals surface area contributed by atoms with Crippen molar-refractivity contribution in [1.82, 2.24) is 4.90 Å². The van der Waals surface area contributed by atoms with Gasteiger partial charge in [0.15, 0.2) is 5.78 Å². The molecule has 2 rings (SSSR count). The van der Waals surface area contributed by atoms with Crippen LogP contribution in [-0.2, 0) is 0 Å². The molecule has 2 heteroatoms. The molecular weight excluding hydrogens is 246 g/mol. The number of benzene rings is 1. The molecule has 1 heterocycles. The molecule has 1 atom stereocenters. The topological polar surface area (TPSA) is 20.3 Å². The van der Waals surface area contributed by atoms with Crippen molar-refractivity contribution in [3.8, 4) is 0 Å². The maximum atomic E-state index is 12.6. The molecule has 1 saturated heterocycles. The molecule has 1 fully saturated rings. The Morgan fingerprint density at radius 2 is 2.05 bits per heavy atom. The number of carbonyl (C=O) groups excluding carboxylic acids is 1. The van der Waals surface area contributed by atoms with Gasteiger partial charge in [-0.15, -0.1) is 0 Å². The summed E-state index contributed by atoms with van der Waals surface area (Å²) in [5.74, 6) is 0.280. The zero-order chi connectivity index (χ0) is 14.5. The Kier molecular flexibility index (Phi) is 5.36. The lowest BCUT2D eigenvalue weighted by atomic mass is 10.0. The van der Waals surface area contributed by atoms with E-state index in [0.717, 1.165) is 24.1 Å². The van der Waals surface area contributed by atoms with Gasteiger partial charge in [-0.3, -0.25) is 9.69 Å². The molecule has 0 N–H and O–H groups in total. The Balaban J connectivity index is 2.09. The highest BCUT2D eigenvalue weighted by Crippen LogP contribution is 2.20. The molecule has 0 bridgehead atoms. The van der Waals surface area contributed by atoms with Gasteiger partial charge in [-0.25, -0.2) is 0 Å². The predicted molar refractivity (Wildman–Crippen MR) is 84.4 cm³/mol. The van der Waals surface area contributed by atoms with Crippen LogP contribution in [-0.4, -0.2) is 29.8 Å². The van der Waals surface area contributed by atoms with E-state index in [-0.39, 0.29) is 5.78 Å². The lowest BCUT2D eigenvalue weighted by Crippen LogP contribution is -2.38. The summed E-state index contributed by atoms with van der Waals surface area (Å²) >= 11 is 0. The van der Waals surface area contributed by atoms with Crippen LogP contribution in [0.2, 0.25) is 0 Å². The van der Waals surface area contributed by atoms with Crippen LogP contribution in [0.5, 0.6) is 0 Å². The molecule has 20 heavy (non-hydrogen) atoms. The van der Waals surface area contributed by atoms with Crippen LogP contribution in [0.25, 0.3) is 0 Å². The second kappa shape index (κ2) is 7.03. The summed E-state index contributed by atoms with van der Waals surface area (Å²) in [6, 6.07) is 6.73. The largest absolute Gasteiger partial charge is 0.293 e. The van der Waals surface area contributed by atoms with Gasteiger partial charge >= 0.3 is 0 Å². The van der Waals surface area contributed by atoms with E-state index < -0.39 is 0 Å². The van der Waals surface area contributed by atoms with Gasteiger partial charge in [-0.2, -0.15) is 0 Å². The SMILES string of the molecule is CCC1CCCCCN1CC(=O)c1ccc(C)cc1C. The maximum absolute atomic E-state index is 12.6. The number of hydrogen-bond acceptors (Lipinski definition) is 2. The molecule has 1 aromatic rings. The Morgan fingerprint density at radius 3 is 2.75 bits per heavy atom. The van der Waals surface area contributed by atoms with Crippen LogP contribution in [0.15, 0.2) is 18.2 Å². The Hall–Kier alpha value is -1.15. The molecular formula is C18H27NO. The van der Waals surface area contributed by atoms with Crippen LogP contribution in [0, 0.1) is 13.8 Å². The molecule has 0 amide bonds. The lowest BCUT2D eigenvalue weighted by Gasteiger charge is -2.28. The molecule has 110 valence electrons. The van der Waals surface area contributed by atoms with Crippen LogP contribution in [0.3, 0.4) is 0 Å². The van der Waals surface area contributed by atoms with Crippen molar-refractivity contribution in [1.29, 1.82) is 0 Å². The molecule has 0 aliphatic carbocycles. The fourth-order valence-electron chi connectivity index (χ4n) is 3.30. The fourth-order valence-corrected chi connectivity index (χ4v) is 3.30. The van der Waals surface area contributed by atoms with Crippen LogP contribution in [0.4, 0.5) is 0 Å². The van der Waals surface area contributed by atoms with E-state index in [9.17, 15) is 4.79 Å². The molecule has 1 aliphatic heterocycles. The first-order valence-corrected chi connectivity index (χ1v) is 7.96. The van der Waals surface area contributed by atoms with Gasteiger partial charge in [-0.1, -0.05) is 43.5 Å². The minimum atomic E-state index is 0.280. The zero-order valence-electron chi connectivity index (χ0n) is 13.1. The van der Waals surface area contributed by atoms with Crippen molar-refractivity contribution >= 4 is 5.78 Å². The monoisotopic (exact) mass is 273 g/mol. The molecule has 2 nitrogen and oxygen atoms in total. The number of nitrogens with zero attached hydrogens (tertiary/aromatic N) is 1. The molecule has 0 radical (unpaired) electrons. The smallest absolute Gasteiger partial charge is 0.177 e. The summed E-state index contributed by atoms with van der Waals surface area (Å²) in [7, 11) is 0. The second-order valence-electron chi connectivity index (χ2n) is 6.12. The number of hydrogen-bond donors (Lipinski definition) is 0. The van der Waals surface area contributed by atoms with E-state index in [1.165, 1.54) is 31.2 Å². The fraction of sp³-hybridized carbons (Fsp3) is 0.611. The molecule has 0 aromatic heterocycles. The second-order valence-corrected chi connectivity index (χ2v) is 6.12. The molecule has 1 aliphatic rings. The number of likely N-dealkylation sites (tertiary alicyclic amines) is 1. The van der Waals surface area contributed by atoms with Crippen molar-refractivity contribution in [3.05, 3.63) is 34.9 Å².